The van der Waals surface area contributed by atoms with Gasteiger partial charge in [-0.15, -0.1) is 12.4 Å². The summed E-state index contributed by atoms with van der Waals surface area (Å²) in [6.07, 6.45) is 3.51. The molecule has 20 heavy (non-hydrogen) atoms. The second-order valence-electron chi connectivity index (χ2n) is 5.62. The first-order chi connectivity index (χ1) is 8.82. The Balaban J connectivity index is 0.00000200. The van der Waals surface area contributed by atoms with Crippen molar-refractivity contribution in [2.24, 2.45) is 12.5 Å². The number of piperidine rings is 1. The third-order valence-corrected chi connectivity index (χ3v) is 5.13. The normalized spacial score (nSPS) is 18.6. The number of imidazole rings is 1. The van der Waals surface area contributed by atoms with Crippen molar-refractivity contribution in [2.75, 3.05) is 19.6 Å². The van der Waals surface area contributed by atoms with Gasteiger partial charge in [-0.25, -0.2) is 18.1 Å². The van der Waals surface area contributed by atoms with Crippen molar-refractivity contribution in [3.63, 3.8) is 0 Å². The number of nitrogens with one attached hydrogen (secondary N) is 2. The van der Waals surface area contributed by atoms with Crippen molar-refractivity contribution in [3.8, 4) is 0 Å². The minimum atomic E-state index is -3.50. The van der Waals surface area contributed by atoms with Crippen LogP contribution < -0.4 is 10.0 Å². The predicted octanol–water partition coefficient (Wildman–Crippen LogP) is 0.818. The van der Waals surface area contributed by atoms with Crippen molar-refractivity contribution >= 4 is 22.4 Å². The van der Waals surface area contributed by atoms with E-state index in [0.717, 1.165) is 25.9 Å². The Morgan fingerprint density at radius 1 is 1.45 bits per heavy atom. The van der Waals surface area contributed by atoms with Gasteiger partial charge in [-0.3, -0.25) is 0 Å². The summed E-state index contributed by atoms with van der Waals surface area (Å²) in [5.74, 6) is 0.688. The topological polar surface area (TPSA) is 76.0 Å². The van der Waals surface area contributed by atoms with Gasteiger partial charge in [0.2, 0.25) is 0 Å². The first kappa shape index (κ1) is 17.4. The highest BCUT2D eigenvalue weighted by Gasteiger charge is 2.29. The summed E-state index contributed by atoms with van der Waals surface area (Å²) in [4.78, 5) is 4.07. The van der Waals surface area contributed by atoms with E-state index < -0.39 is 10.0 Å². The van der Waals surface area contributed by atoms with Crippen LogP contribution in [0.15, 0.2) is 11.2 Å². The summed E-state index contributed by atoms with van der Waals surface area (Å²) in [5, 5.41) is 3.39. The Bertz CT molecular complexity index is 530. The Hall–Kier alpha value is -0.630. The fourth-order valence-electron chi connectivity index (χ4n) is 2.21. The maximum atomic E-state index is 12.2. The minimum absolute atomic E-state index is 0. The molecule has 8 heteroatoms. The van der Waals surface area contributed by atoms with E-state index in [1.165, 1.54) is 0 Å². The standard InChI is InChI=1S/C12H22N4O2S.ClH/c1-10-15-11(8-16(10)3)19(17,18)14-9-12(2)4-6-13-7-5-12;/h8,13-14H,4-7,9H2,1-3H3;1H. The van der Waals surface area contributed by atoms with E-state index in [0.29, 0.717) is 12.4 Å². The Morgan fingerprint density at radius 3 is 2.55 bits per heavy atom. The maximum absolute atomic E-state index is 12.2. The fraction of sp³-hybridized carbons (Fsp3) is 0.750. The number of aryl methyl sites for hydroxylation is 2. The van der Waals surface area contributed by atoms with Crippen LogP contribution in [0.4, 0.5) is 0 Å². The molecule has 1 aliphatic rings. The highest BCUT2D eigenvalue weighted by Crippen LogP contribution is 2.27. The van der Waals surface area contributed by atoms with E-state index in [9.17, 15) is 8.42 Å². The van der Waals surface area contributed by atoms with E-state index >= 15 is 0 Å². The molecule has 6 nitrogen and oxygen atoms in total. The molecule has 0 aliphatic carbocycles. The molecule has 0 unspecified atom stereocenters. The van der Waals surface area contributed by atoms with Crippen LogP contribution in [0.5, 0.6) is 0 Å². The van der Waals surface area contributed by atoms with Gasteiger partial charge in [0.25, 0.3) is 10.0 Å². The third-order valence-electron chi connectivity index (χ3n) is 3.86. The summed E-state index contributed by atoms with van der Waals surface area (Å²) < 4.78 is 28.8. The van der Waals surface area contributed by atoms with Crippen LogP contribution in [-0.2, 0) is 17.1 Å². The fourth-order valence-corrected chi connectivity index (χ4v) is 3.44. The molecule has 1 aromatic heterocycles. The lowest BCUT2D eigenvalue weighted by atomic mass is 9.81. The van der Waals surface area contributed by atoms with E-state index in [-0.39, 0.29) is 22.8 Å². The van der Waals surface area contributed by atoms with Gasteiger partial charge in [-0.2, -0.15) is 0 Å². The molecule has 1 aromatic rings. The number of rotatable bonds is 4. The maximum Gasteiger partial charge on any atom is 0.259 e. The Kier molecular flexibility index (Phi) is 5.60. The van der Waals surface area contributed by atoms with Crippen molar-refractivity contribution < 1.29 is 8.42 Å². The number of halogens is 1. The molecular weight excluding hydrogens is 300 g/mol. The number of nitrogens with zero attached hydrogens (tertiary/aromatic N) is 2. The van der Waals surface area contributed by atoms with Crippen molar-refractivity contribution in [3.05, 3.63) is 12.0 Å². The summed E-state index contributed by atoms with van der Waals surface area (Å²) in [5.41, 5.74) is 0.0299. The molecule has 2 rings (SSSR count). The van der Waals surface area contributed by atoms with Crippen molar-refractivity contribution in [1.29, 1.82) is 0 Å². The van der Waals surface area contributed by atoms with Gasteiger partial charge in [0.05, 0.1) is 0 Å². The first-order valence-electron chi connectivity index (χ1n) is 6.53. The first-order valence-corrected chi connectivity index (χ1v) is 8.01. The molecule has 0 radical (unpaired) electrons. The highest BCUT2D eigenvalue weighted by molar-refractivity contribution is 7.89. The summed E-state index contributed by atoms with van der Waals surface area (Å²) in [6.45, 7) is 6.27. The Labute approximate surface area is 126 Å². The molecular formula is C12H23ClN4O2S. The Morgan fingerprint density at radius 2 is 2.05 bits per heavy atom. The highest BCUT2D eigenvalue weighted by atomic mass is 35.5. The lowest BCUT2D eigenvalue weighted by Gasteiger charge is -2.33. The number of hydrogen-bond donors (Lipinski definition) is 2. The lowest BCUT2D eigenvalue weighted by Crippen LogP contribution is -2.42. The molecule has 1 saturated heterocycles. The molecule has 1 fully saturated rings. The lowest BCUT2D eigenvalue weighted by molar-refractivity contribution is 0.232. The zero-order chi connectivity index (χ0) is 14.1. The molecule has 116 valence electrons. The van der Waals surface area contributed by atoms with Crippen LogP contribution in [0.3, 0.4) is 0 Å². The molecule has 0 bridgehead atoms. The van der Waals surface area contributed by atoms with Crippen LogP contribution >= 0.6 is 12.4 Å². The predicted molar refractivity (Wildman–Crippen MR) is 80.6 cm³/mol. The van der Waals surface area contributed by atoms with Crippen LogP contribution in [0, 0.1) is 12.3 Å². The molecule has 0 saturated carbocycles. The van der Waals surface area contributed by atoms with Crippen molar-refractivity contribution in [1.82, 2.24) is 19.6 Å². The molecule has 2 N–H and O–H groups in total. The zero-order valence-electron chi connectivity index (χ0n) is 12.1. The molecule has 1 aliphatic heterocycles. The van der Waals surface area contributed by atoms with Crippen LogP contribution in [0.25, 0.3) is 0 Å². The second kappa shape index (κ2) is 6.43. The van der Waals surface area contributed by atoms with Gasteiger partial charge >= 0.3 is 0 Å². The van der Waals surface area contributed by atoms with Gasteiger partial charge in [0.1, 0.15) is 5.82 Å². The van der Waals surface area contributed by atoms with Gasteiger partial charge < -0.3 is 9.88 Å². The summed E-state index contributed by atoms with van der Waals surface area (Å²) >= 11 is 0. The van der Waals surface area contributed by atoms with E-state index in [1.807, 2.05) is 0 Å². The third kappa shape index (κ3) is 3.94. The molecule has 0 aromatic carbocycles. The SMILES string of the molecule is Cc1nc(S(=O)(=O)NCC2(C)CCNCC2)cn1C.Cl. The van der Waals surface area contributed by atoms with Gasteiger partial charge in [-0.1, -0.05) is 6.92 Å². The van der Waals surface area contributed by atoms with Crippen LogP contribution in [0.1, 0.15) is 25.6 Å². The van der Waals surface area contributed by atoms with Crippen LogP contribution in [-0.4, -0.2) is 37.6 Å². The zero-order valence-corrected chi connectivity index (χ0v) is 13.8. The summed E-state index contributed by atoms with van der Waals surface area (Å²) in [7, 11) is -1.71. The average Bonchev–Trinajstić information content (AvgIpc) is 2.69. The average molecular weight is 323 g/mol. The van der Waals surface area contributed by atoms with Crippen LogP contribution in [0.2, 0.25) is 0 Å². The van der Waals surface area contributed by atoms with Gasteiger partial charge in [0.15, 0.2) is 5.03 Å². The monoisotopic (exact) mass is 322 g/mol. The van der Waals surface area contributed by atoms with E-state index in [4.69, 9.17) is 0 Å². The quantitative estimate of drug-likeness (QED) is 0.860. The minimum Gasteiger partial charge on any atom is -0.337 e. The van der Waals surface area contributed by atoms with E-state index in [1.54, 1.807) is 24.7 Å². The number of hydrogen-bond acceptors (Lipinski definition) is 4. The van der Waals surface area contributed by atoms with Gasteiger partial charge in [-0.05, 0) is 38.3 Å². The van der Waals surface area contributed by atoms with Crippen molar-refractivity contribution in [2.45, 2.75) is 31.7 Å². The molecule has 0 spiro atoms. The molecule has 0 amide bonds. The smallest absolute Gasteiger partial charge is 0.259 e. The van der Waals surface area contributed by atoms with E-state index in [2.05, 4.69) is 21.9 Å². The second-order valence-corrected chi connectivity index (χ2v) is 7.34. The largest absolute Gasteiger partial charge is 0.337 e. The molecule has 0 atom stereocenters. The number of sulfonamides is 1. The van der Waals surface area contributed by atoms with Gasteiger partial charge in [0, 0.05) is 19.8 Å². The number of aromatic nitrogens is 2. The summed E-state index contributed by atoms with van der Waals surface area (Å²) in [6, 6.07) is 0. The molecule has 2 heterocycles.